The van der Waals surface area contributed by atoms with Crippen LogP contribution in [0.2, 0.25) is 0 Å². The van der Waals surface area contributed by atoms with Crippen LogP contribution in [-0.2, 0) is 0 Å². The quantitative estimate of drug-likeness (QED) is 0.632. The molecule has 0 unspecified atom stereocenters. The van der Waals surface area contributed by atoms with Crippen LogP contribution in [0.25, 0.3) is 10.8 Å². The summed E-state index contributed by atoms with van der Waals surface area (Å²) >= 11 is 0. The van der Waals surface area contributed by atoms with Gasteiger partial charge in [-0.25, -0.2) is 0 Å². The van der Waals surface area contributed by atoms with Crippen LogP contribution in [0.15, 0.2) is 60.7 Å². The molecule has 0 amide bonds. The van der Waals surface area contributed by atoms with Gasteiger partial charge in [0.15, 0.2) is 0 Å². The van der Waals surface area contributed by atoms with Crippen molar-refractivity contribution in [2.45, 2.75) is 6.92 Å². The van der Waals surface area contributed by atoms with Crippen LogP contribution < -0.4 is 15.1 Å². The highest BCUT2D eigenvalue weighted by atomic mass is 15.2. The van der Waals surface area contributed by atoms with E-state index in [-0.39, 0.29) is 6.98 Å². The van der Waals surface area contributed by atoms with Gasteiger partial charge in [0.1, 0.15) is 0 Å². The second kappa shape index (κ2) is 4.80. The van der Waals surface area contributed by atoms with Gasteiger partial charge in [0, 0.05) is 16.8 Å². The molecule has 3 aromatic carbocycles. The zero-order chi connectivity index (χ0) is 15.3. The first-order chi connectivity index (χ1) is 10.7. The number of rotatable bonds is 1. The molecule has 0 spiro atoms. The summed E-state index contributed by atoms with van der Waals surface area (Å²) in [5, 5.41) is 2.65. The van der Waals surface area contributed by atoms with Crippen LogP contribution in [0.1, 0.15) is 5.56 Å². The summed E-state index contributed by atoms with van der Waals surface area (Å²) in [7, 11) is 4.37. The molecule has 108 valence electrons. The first-order valence-electron chi connectivity index (χ1n) is 7.71. The molecule has 22 heavy (non-hydrogen) atoms. The van der Waals surface area contributed by atoms with Crippen LogP contribution in [0.3, 0.4) is 0 Å². The van der Waals surface area contributed by atoms with Gasteiger partial charge < -0.3 is 9.62 Å². The molecule has 0 fully saturated rings. The number of aryl methyl sites for hydroxylation is 1. The fourth-order valence-corrected chi connectivity index (χ4v) is 3.60. The van der Waals surface area contributed by atoms with E-state index in [2.05, 4.69) is 91.3 Å². The zero-order valence-corrected chi connectivity index (χ0v) is 13.2. The molecular weight excluding hydrogens is 267 g/mol. The van der Waals surface area contributed by atoms with Crippen molar-refractivity contribution in [3.05, 3.63) is 66.2 Å². The molecule has 0 radical (unpaired) electrons. The Morgan fingerprint density at radius 2 is 1.27 bits per heavy atom. The number of anilines is 2. The number of benzene rings is 3. The summed E-state index contributed by atoms with van der Waals surface area (Å²) in [6.45, 7) is 2.36. The van der Waals surface area contributed by atoms with Crippen molar-refractivity contribution in [1.29, 1.82) is 0 Å². The number of hydrogen-bond donors (Lipinski definition) is 0. The van der Waals surface area contributed by atoms with Gasteiger partial charge in [-0.05, 0) is 44.0 Å². The van der Waals surface area contributed by atoms with Crippen molar-refractivity contribution in [2.75, 3.05) is 23.7 Å². The summed E-state index contributed by atoms with van der Waals surface area (Å²) in [6, 6.07) is 22.0. The second-order valence-electron chi connectivity index (χ2n) is 6.16. The highest BCUT2D eigenvalue weighted by molar-refractivity contribution is 6.81. The SMILES string of the molecule is Cc1ccc(B2N(C)c3cccc4cccc(c34)N2C)cc1. The van der Waals surface area contributed by atoms with E-state index in [1.807, 2.05) is 0 Å². The Balaban J connectivity index is 1.93. The van der Waals surface area contributed by atoms with E-state index in [4.69, 9.17) is 0 Å². The topological polar surface area (TPSA) is 6.48 Å². The Bertz CT molecular complexity index is 797. The molecule has 0 aromatic heterocycles. The minimum atomic E-state index is 0.223. The third-order valence-corrected chi connectivity index (χ3v) is 4.73. The van der Waals surface area contributed by atoms with Crippen molar-refractivity contribution < 1.29 is 0 Å². The lowest BCUT2D eigenvalue weighted by Crippen LogP contribution is -2.59. The fourth-order valence-electron chi connectivity index (χ4n) is 3.60. The lowest BCUT2D eigenvalue weighted by molar-refractivity contribution is 1.19. The molecule has 3 heteroatoms. The predicted octanol–water partition coefficient (Wildman–Crippen LogP) is 3.43. The Labute approximate surface area is 132 Å². The smallest absolute Gasteiger partial charge is 0.394 e. The lowest BCUT2D eigenvalue weighted by atomic mass is 9.62. The van der Waals surface area contributed by atoms with Crippen LogP contribution in [0.4, 0.5) is 11.4 Å². The molecular formula is C19H19BN2. The van der Waals surface area contributed by atoms with Crippen LogP contribution in [0.5, 0.6) is 0 Å². The summed E-state index contributed by atoms with van der Waals surface area (Å²) in [5.41, 5.74) is 5.23. The maximum absolute atomic E-state index is 2.38. The van der Waals surface area contributed by atoms with Gasteiger partial charge in [-0.15, -0.1) is 0 Å². The number of nitrogens with zero attached hydrogens (tertiary/aromatic N) is 2. The van der Waals surface area contributed by atoms with Gasteiger partial charge >= 0.3 is 6.98 Å². The average molecular weight is 286 g/mol. The minimum absolute atomic E-state index is 0.223. The summed E-state index contributed by atoms with van der Waals surface area (Å²) < 4.78 is 0. The standard InChI is InChI=1S/C19H19BN2/c1-14-10-12-16(13-11-14)20-21(2)17-8-4-6-15-7-5-9-18(19(15)17)22(20)3/h4-13H,1-3H3. The van der Waals surface area contributed by atoms with E-state index < -0.39 is 0 Å². The van der Waals surface area contributed by atoms with Gasteiger partial charge in [-0.1, -0.05) is 54.1 Å². The molecule has 0 bridgehead atoms. The molecule has 4 rings (SSSR count). The highest BCUT2D eigenvalue weighted by Gasteiger charge is 2.35. The monoisotopic (exact) mass is 286 g/mol. The van der Waals surface area contributed by atoms with E-state index in [0.717, 1.165) is 0 Å². The Morgan fingerprint density at radius 3 is 1.82 bits per heavy atom. The Hall–Kier alpha value is -2.42. The number of hydrogen-bond acceptors (Lipinski definition) is 2. The third-order valence-electron chi connectivity index (χ3n) is 4.73. The predicted molar refractivity (Wildman–Crippen MR) is 97.3 cm³/mol. The van der Waals surface area contributed by atoms with E-state index in [1.165, 1.54) is 33.2 Å². The highest BCUT2D eigenvalue weighted by Crippen LogP contribution is 2.38. The molecule has 0 N–H and O–H groups in total. The summed E-state index contributed by atoms with van der Waals surface area (Å²) in [5.74, 6) is 0. The van der Waals surface area contributed by atoms with Crippen LogP contribution in [-0.4, -0.2) is 21.1 Å². The summed E-state index contributed by atoms with van der Waals surface area (Å²) in [6.07, 6.45) is 0. The van der Waals surface area contributed by atoms with Crippen molar-refractivity contribution >= 4 is 34.6 Å². The molecule has 2 nitrogen and oxygen atoms in total. The van der Waals surface area contributed by atoms with Gasteiger partial charge in [-0.2, -0.15) is 0 Å². The summed E-state index contributed by atoms with van der Waals surface area (Å²) in [4.78, 5) is 4.75. The van der Waals surface area contributed by atoms with E-state index >= 15 is 0 Å². The van der Waals surface area contributed by atoms with Crippen molar-refractivity contribution in [3.8, 4) is 0 Å². The molecule has 1 heterocycles. The largest absolute Gasteiger partial charge is 0.410 e. The fraction of sp³-hybridized carbons (Fsp3) is 0.158. The first kappa shape index (κ1) is 13.3. The van der Waals surface area contributed by atoms with Gasteiger partial charge in [0.25, 0.3) is 0 Å². The second-order valence-corrected chi connectivity index (χ2v) is 6.16. The maximum atomic E-state index is 2.38. The van der Waals surface area contributed by atoms with Gasteiger partial charge in [0.05, 0.1) is 0 Å². The van der Waals surface area contributed by atoms with Crippen molar-refractivity contribution in [2.24, 2.45) is 0 Å². The average Bonchev–Trinajstić information content (AvgIpc) is 2.54. The van der Waals surface area contributed by atoms with Gasteiger partial charge in [0.2, 0.25) is 0 Å². The van der Waals surface area contributed by atoms with E-state index in [1.54, 1.807) is 0 Å². The van der Waals surface area contributed by atoms with Crippen molar-refractivity contribution in [1.82, 2.24) is 0 Å². The van der Waals surface area contributed by atoms with E-state index in [0.29, 0.717) is 0 Å². The maximum Gasteiger partial charge on any atom is 0.410 e. The molecule has 1 aliphatic heterocycles. The molecule has 0 atom stereocenters. The third kappa shape index (κ3) is 1.82. The van der Waals surface area contributed by atoms with Gasteiger partial charge in [-0.3, -0.25) is 0 Å². The normalized spacial score (nSPS) is 13.9. The molecule has 0 aliphatic carbocycles. The Morgan fingerprint density at radius 1 is 0.727 bits per heavy atom. The minimum Gasteiger partial charge on any atom is -0.394 e. The van der Waals surface area contributed by atoms with E-state index in [9.17, 15) is 0 Å². The molecule has 3 aromatic rings. The molecule has 0 saturated heterocycles. The lowest BCUT2D eigenvalue weighted by Gasteiger charge is -2.41. The molecule has 0 saturated carbocycles. The Kier molecular flexibility index (Phi) is 2.90. The zero-order valence-electron chi connectivity index (χ0n) is 13.2. The van der Waals surface area contributed by atoms with Crippen LogP contribution >= 0.6 is 0 Å². The van der Waals surface area contributed by atoms with Crippen molar-refractivity contribution in [3.63, 3.8) is 0 Å². The van der Waals surface area contributed by atoms with Crippen LogP contribution in [0, 0.1) is 6.92 Å². The molecule has 1 aliphatic rings. The first-order valence-corrected chi connectivity index (χ1v) is 7.71.